The highest BCUT2D eigenvalue weighted by molar-refractivity contribution is 8.18. The minimum atomic E-state index is -0.590. The zero-order valence-electron chi connectivity index (χ0n) is 17.9. The van der Waals surface area contributed by atoms with Gasteiger partial charge in [-0.25, -0.2) is 4.39 Å². The van der Waals surface area contributed by atoms with E-state index in [1.807, 2.05) is 4.90 Å². The predicted molar refractivity (Wildman–Crippen MR) is 124 cm³/mol. The van der Waals surface area contributed by atoms with Gasteiger partial charge in [-0.05, 0) is 59.8 Å². The molecule has 2 aromatic carbocycles. The molecular formula is C23H22FN3O5S. The van der Waals surface area contributed by atoms with E-state index >= 15 is 0 Å². The third-order valence-electron chi connectivity index (χ3n) is 5.17. The second-order valence-electron chi connectivity index (χ2n) is 7.35. The second-order valence-corrected chi connectivity index (χ2v) is 8.35. The first-order chi connectivity index (χ1) is 15.9. The minimum absolute atomic E-state index is 0.135. The Morgan fingerprint density at radius 1 is 1.18 bits per heavy atom. The number of imide groups is 1. The lowest BCUT2D eigenvalue weighted by molar-refractivity contribution is -0.127. The van der Waals surface area contributed by atoms with E-state index in [1.165, 1.54) is 19.3 Å². The monoisotopic (exact) mass is 471 g/mol. The standard InChI is InChI=1S/C23H22FN3O5S/c1-31-17-5-3-16(4-6-17)25-21(28)14-27-22(29)20(33-23(27)30)13-15-2-7-19(18(24)12-15)26-8-10-32-11-9-26/h2-7,12-13H,8-11,14H2,1H3,(H,25,28)/b20-13-. The first kappa shape index (κ1) is 22.8. The van der Waals surface area contributed by atoms with Crippen LogP contribution in [0.5, 0.6) is 5.75 Å². The molecule has 3 amide bonds. The van der Waals surface area contributed by atoms with Crippen LogP contribution in [0.2, 0.25) is 0 Å². The lowest BCUT2D eigenvalue weighted by Gasteiger charge is -2.29. The van der Waals surface area contributed by atoms with Gasteiger partial charge in [-0.2, -0.15) is 0 Å². The van der Waals surface area contributed by atoms with Gasteiger partial charge in [0, 0.05) is 18.8 Å². The van der Waals surface area contributed by atoms with Crippen molar-refractivity contribution < 1.29 is 28.2 Å². The van der Waals surface area contributed by atoms with Crippen LogP contribution in [0.25, 0.3) is 6.08 Å². The van der Waals surface area contributed by atoms with Gasteiger partial charge in [0.2, 0.25) is 5.91 Å². The summed E-state index contributed by atoms with van der Waals surface area (Å²) in [5, 5.41) is 2.08. The number of carbonyl (C=O) groups excluding carboxylic acids is 3. The van der Waals surface area contributed by atoms with Crippen LogP contribution in [0.1, 0.15) is 5.56 Å². The van der Waals surface area contributed by atoms with Crippen LogP contribution in [0.4, 0.5) is 20.6 Å². The molecule has 0 spiro atoms. The van der Waals surface area contributed by atoms with E-state index in [1.54, 1.807) is 36.4 Å². The fourth-order valence-corrected chi connectivity index (χ4v) is 4.32. The van der Waals surface area contributed by atoms with E-state index in [-0.39, 0.29) is 4.91 Å². The normalized spacial score (nSPS) is 17.6. The summed E-state index contributed by atoms with van der Waals surface area (Å²) in [6.07, 6.45) is 1.46. The molecular weight excluding hydrogens is 449 g/mol. The van der Waals surface area contributed by atoms with Crippen LogP contribution in [0.3, 0.4) is 0 Å². The van der Waals surface area contributed by atoms with Crippen LogP contribution in [0.15, 0.2) is 47.4 Å². The number of hydrogen-bond donors (Lipinski definition) is 1. The summed E-state index contributed by atoms with van der Waals surface area (Å²) in [5.41, 5.74) is 1.44. The molecule has 2 aromatic rings. The molecule has 0 atom stereocenters. The highest BCUT2D eigenvalue weighted by Gasteiger charge is 2.36. The number of anilines is 2. The maximum atomic E-state index is 14.6. The maximum Gasteiger partial charge on any atom is 0.294 e. The van der Waals surface area contributed by atoms with E-state index in [9.17, 15) is 18.8 Å². The Kier molecular flexibility index (Phi) is 6.95. The van der Waals surface area contributed by atoms with E-state index in [2.05, 4.69) is 5.32 Å². The Morgan fingerprint density at radius 3 is 2.58 bits per heavy atom. The molecule has 0 radical (unpaired) electrons. The van der Waals surface area contributed by atoms with Gasteiger partial charge in [0.15, 0.2) is 0 Å². The number of nitrogens with one attached hydrogen (secondary N) is 1. The summed E-state index contributed by atoms with van der Waals surface area (Å²) in [6, 6.07) is 11.3. The molecule has 8 nitrogen and oxygen atoms in total. The number of thioether (sulfide) groups is 1. The molecule has 2 fully saturated rings. The van der Waals surface area contributed by atoms with Crippen LogP contribution in [-0.4, -0.2) is 61.9 Å². The van der Waals surface area contributed by atoms with Crippen LogP contribution in [-0.2, 0) is 14.3 Å². The molecule has 2 aliphatic rings. The Bertz CT molecular complexity index is 1100. The largest absolute Gasteiger partial charge is 0.497 e. The summed E-state index contributed by atoms with van der Waals surface area (Å²) in [7, 11) is 1.54. The van der Waals surface area contributed by atoms with Gasteiger partial charge >= 0.3 is 0 Å². The van der Waals surface area contributed by atoms with Crippen LogP contribution >= 0.6 is 11.8 Å². The zero-order valence-corrected chi connectivity index (χ0v) is 18.7. The number of halogens is 1. The number of amides is 3. The van der Waals surface area contributed by atoms with Crippen molar-refractivity contribution in [1.82, 2.24) is 4.90 Å². The van der Waals surface area contributed by atoms with Crippen molar-refractivity contribution in [3.63, 3.8) is 0 Å². The molecule has 0 aromatic heterocycles. The molecule has 33 heavy (non-hydrogen) atoms. The molecule has 2 heterocycles. The van der Waals surface area contributed by atoms with Crippen molar-refractivity contribution in [2.24, 2.45) is 0 Å². The average molecular weight is 472 g/mol. The molecule has 172 valence electrons. The number of methoxy groups -OCH3 is 1. The predicted octanol–water partition coefficient (Wildman–Crippen LogP) is 3.35. The van der Waals surface area contributed by atoms with E-state index < -0.39 is 29.4 Å². The fourth-order valence-electron chi connectivity index (χ4n) is 3.48. The van der Waals surface area contributed by atoms with Crippen LogP contribution in [0, 0.1) is 5.82 Å². The lowest BCUT2D eigenvalue weighted by atomic mass is 10.1. The second kappa shape index (κ2) is 10.1. The third kappa shape index (κ3) is 5.35. The first-order valence-corrected chi connectivity index (χ1v) is 11.1. The molecule has 2 aliphatic heterocycles. The summed E-state index contributed by atoms with van der Waals surface area (Å²) < 4.78 is 25.0. The number of carbonyl (C=O) groups is 3. The van der Waals surface area contributed by atoms with Gasteiger partial charge in [0.05, 0.1) is 30.9 Å². The fraction of sp³-hybridized carbons (Fsp3) is 0.261. The highest BCUT2D eigenvalue weighted by atomic mass is 32.2. The van der Waals surface area contributed by atoms with Gasteiger partial charge in [-0.15, -0.1) is 0 Å². The Balaban J connectivity index is 1.41. The van der Waals surface area contributed by atoms with Gasteiger partial charge in [0.25, 0.3) is 11.1 Å². The zero-order chi connectivity index (χ0) is 23.4. The summed E-state index contributed by atoms with van der Waals surface area (Å²) in [6.45, 7) is 1.88. The molecule has 2 saturated heterocycles. The Hall–Kier alpha value is -3.37. The van der Waals surface area contributed by atoms with E-state index in [4.69, 9.17) is 9.47 Å². The van der Waals surface area contributed by atoms with Crippen molar-refractivity contribution in [3.05, 3.63) is 58.8 Å². The van der Waals surface area contributed by atoms with Gasteiger partial charge < -0.3 is 19.7 Å². The third-order valence-corrected chi connectivity index (χ3v) is 6.08. The number of ether oxygens (including phenoxy) is 2. The molecule has 0 saturated carbocycles. The quantitative estimate of drug-likeness (QED) is 0.647. The van der Waals surface area contributed by atoms with Gasteiger partial charge in [-0.3, -0.25) is 19.3 Å². The Morgan fingerprint density at radius 2 is 1.91 bits per heavy atom. The summed E-state index contributed by atoms with van der Waals surface area (Å²) in [4.78, 5) is 40.3. The molecule has 10 heteroatoms. The Labute approximate surface area is 194 Å². The molecule has 0 bridgehead atoms. The van der Waals surface area contributed by atoms with Crippen molar-refractivity contribution in [3.8, 4) is 5.75 Å². The molecule has 4 rings (SSSR count). The van der Waals surface area contributed by atoms with Crippen molar-refractivity contribution in [2.75, 3.05) is 50.2 Å². The van der Waals surface area contributed by atoms with Crippen molar-refractivity contribution in [1.29, 1.82) is 0 Å². The number of morpholine rings is 1. The number of nitrogens with zero attached hydrogens (tertiary/aromatic N) is 2. The number of hydrogen-bond acceptors (Lipinski definition) is 7. The maximum absolute atomic E-state index is 14.6. The topological polar surface area (TPSA) is 88.2 Å². The van der Waals surface area contributed by atoms with Crippen molar-refractivity contribution in [2.45, 2.75) is 0 Å². The van der Waals surface area contributed by atoms with Crippen LogP contribution < -0.4 is 15.0 Å². The van der Waals surface area contributed by atoms with Gasteiger partial charge in [-0.1, -0.05) is 6.07 Å². The number of rotatable bonds is 6. The highest BCUT2D eigenvalue weighted by Crippen LogP contribution is 2.33. The number of benzene rings is 2. The average Bonchev–Trinajstić information content (AvgIpc) is 3.07. The van der Waals surface area contributed by atoms with E-state index in [0.29, 0.717) is 49.0 Å². The summed E-state index contributed by atoms with van der Waals surface area (Å²) in [5.74, 6) is -0.876. The molecule has 0 unspecified atom stereocenters. The molecule has 0 aliphatic carbocycles. The smallest absolute Gasteiger partial charge is 0.294 e. The minimum Gasteiger partial charge on any atom is -0.497 e. The molecule has 1 N–H and O–H groups in total. The summed E-state index contributed by atoms with van der Waals surface area (Å²) >= 11 is 0.721. The first-order valence-electron chi connectivity index (χ1n) is 10.3. The lowest BCUT2D eigenvalue weighted by Crippen LogP contribution is -2.36. The van der Waals surface area contributed by atoms with E-state index in [0.717, 1.165) is 16.7 Å². The SMILES string of the molecule is COc1ccc(NC(=O)CN2C(=O)S/C(=C\c3ccc(N4CCOCC4)c(F)c3)C2=O)cc1. The van der Waals surface area contributed by atoms with Gasteiger partial charge in [0.1, 0.15) is 18.1 Å². The van der Waals surface area contributed by atoms with Crippen molar-refractivity contribution >= 4 is 46.3 Å².